The molecular weight excluding hydrogens is 304 g/mol. The third-order valence-corrected chi connectivity index (χ3v) is 4.32. The molecule has 1 unspecified atom stereocenters. The van der Waals surface area contributed by atoms with Gasteiger partial charge in [-0.3, -0.25) is 0 Å². The minimum Gasteiger partial charge on any atom is -0.512 e. The molecule has 23 heavy (non-hydrogen) atoms. The van der Waals surface area contributed by atoms with Crippen LogP contribution in [0.2, 0.25) is 0 Å². The van der Waals surface area contributed by atoms with Gasteiger partial charge in [-0.25, -0.2) is 4.98 Å². The van der Waals surface area contributed by atoms with Crippen LogP contribution in [0.5, 0.6) is 0 Å². The lowest BCUT2D eigenvalue weighted by molar-refractivity contribution is 0.396. The number of hydrogen-bond donors (Lipinski definition) is 2. The molecule has 0 radical (unpaired) electrons. The van der Waals surface area contributed by atoms with Crippen LogP contribution in [-0.2, 0) is 12.8 Å². The standard InChI is InChI=1S/C19H24N2OS/c1-15(22)18(23)14-17-10-8-16(9-11-17)6-5-13-21(2)19-7-3-4-12-20-19/h3-4,7-12,18,22-23H,1,5-6,13-14H2,2H3. The second-order valence-corrected chi connectivity index (χ2v) is 6.36. The number of hydrogen-bond acceptors (Lipinski definition) is 4. The summed E-state index contributed by atoms with van der Waals surface area (Å²) in [5.41, 5.74) is 2.48. The van der Waals surface area contributed by atoms with Crippen LogP contribution in [0.3, 0.4) is 0 Å². The van der Waals surface area contributed by atoms with Gasteiger partial charge in [0.25, 0.3) is 0 Å². The van der Waals surface area contributed by atoms with E-state index in [1.54, 1.807) is 0 Å². The molecule has 0 aliphatic rings. The van der Waals surface area contributed by atoms with Crippen LogP contribution in [0.25, 0.3) is 0 Å². The first-order chi connectivity index (χ1) is 11.1. The van der Waals surface area contributed by atoms with Crippen LogP contribution < -0.4 is 4.90 Å². The molecule has 0 bridgehead atoms. The molecule has 0 spiro atoms. The zero-order valence-corrected chi connectivity index (χ0v) is 14.4. The summed E-state index contributed by atoms with van der Waals surface area (Å²) in [6.45, 7) is 4.49. The Morgan fingerprint density at radius 3 is 2.52 bits per heavy atom. The second-order valence-electron chi connectivity index (χ2n) is 5.74. The molecule has 0 saturated heterocycles. The van der Waals surface area contributed by atoms with E-state index in [1.165, 1.54) is 5.56 Å². The fourth-order valence-corrected chi connectivity index (χ4v) is 2.61. The quantitative estimate of drug-likeness (QED) is 0.567. The Balaban J connectivity index is 1.79. The highest BCUT2D eigenvalue weighted by atomic mass is 32.1. The number of aliphatic hydroxyl groups is 1. The van der Waals surface area contributed by atoms with Gasteiger partial charge >= 0.3 is 0 Å². The van der Waals surface area contributed by atoms with E-state index in [-0.39, 0.29) is 11.0 Å². The summed E-state index contributed by atoms with van der Waals surface area (Å²) < 4.78 is 0. The average Bonchev–Trinajstić information content (AvgIpc) is 2.57. The molecule has 1 heterocycles. The lowest BCUT2D eigenvalue weighted by Gasteiger charge is -2.17. The molecule has 0 saturated carbocycles. The molecule has 2 aromatic rings. The van der Waals surface area contributed by atoms with Crippen LogP contribution in [-0.4, -0.2) is 28.9 Å². The van der Waals surface area contributed by atoms with Crippen LogP contribution in [0.1, 0.15) is 17.5 Å². The molecule has 2 rings (SSSR count). The van der Waals surface area contributed by atoms with Crippen LogP contribution in [0, 0.1) is 0 Å². The number of anilines is 1. The number of thiol groups is 1. The number of benzene rings is 1. The average molecular weight is 328 g/mol. The Kier molecular flexibility index (Phi) is 6.53. The molecule has 1 aromatic heterocycles. The van der Waals surface area contributed by atoms with Crippen molar-refractivity contribution in [1.82, 2.24) is 4.98 Å². The monoisotopic (exact) mass is 328 g/mol. The maximum absolute atomic E-state index is 9.32. The number of nitrogens with zero attached hydrogens (tertiary/aromatic N) is 2. The van der Waals surface area contributed by atoms with Gasteiger partial charge in [0.1, 0.15) is 5.82 Å². The van der Waals surface area contributed by atoms with Gasteiger partial charge < -0.3 is 10.0 Å². The molecule has 122 valence electrons. The highest BCUT2D eigenvalue weighted by Gasteiger charge is 2.07. The van der Waals surface area contributed by atoms with Crippen LogP contribution in [0.15, 0.2) is 61.0 Å². The fourth-order valence-electron chi connectivity index (χ4n) is 2.40. The molecule has 0 aliphatic heterocycles. The molecule has 0 amide bonds. The van der Waals surface area contributed by atoms with E-state index in [4.69, 9.17) is 0 Å². The van der Waals surface area contributed by atoms with Gasteiger partial charge in [-0.1, -0.05) is 36.9 Å². The molecule has 4 heteroatoms. The molecule has 0 fully saturated rings. The fraction of sp³-hybridized carbons (Fsp3) is 0.316. The number of aliphatic hydroxyl groups excluding tert-OH is 1. The Morgan fingerprint density at radius 1 is 1.22 bits per heavy atom. The lowest BCUT2D eigenvalue weighted by Crippen LogP contribution is -2.19. The number of rotatable bonds is 8. The minimum atomic E-state index is -0.201. The molecular formula is C19H24N2OS. The first-order valence-electron chi connectivity index (χ1n) is 7.82. The second kappa shape index (κ2) is 8.63. The van der Waals surface area contributed by atoms with Gasteiger partial charge in [-0.2, -0.15) is 12.6 Å². The van der Waals surface area contributed by atoms with Gasteiger partial charge in [0.15, 0.2) is 0 Å². The van der Waals surface area contributed by atoms with Gasteiger partial charge in [0, 0.05) is 19.8 Å². The maximum Gasteiger partial charge on any atom is 0.128 e. The number of aromatic nitrogens is 1. The van der Waals surface area contributed by atoms with Gasteiger partial charge in [-0.15, -0.1) is 0 Å². The normalized spacial score (nSPS) is 11.9. The van der Waals surface area contributed by atoms with E-state index in [1.807, 2.05) is 24.4 Å². The Morgan fingerprint density at radius 2 is 1.91 bits per heavy atom. The van der Waals surface area contributed by atoms with Gasteiger partial charge in [-0.05, 0) is 42.5 Å². The van der Waals surface area contributed by atoms with E-state index in [9.17, 15) is 5.11 Å². The van der Waals surface area contributed by atoms with Crippen molar-refractivity contribution in [3.05, 3.63) is 72.1 Å². The highest BCUT2D eigenvalue weighted by molar-refractivity contribution is 7.81. The summed E-state index contributed by atoms with van der Waals surface area (Å²) in [6.07, 6.45) is 4.63. The number of aryl methyl sites for hydroxylation is 1. The van der Waals surface area contributed by atoms with Crippen molar-refractivity contribution in [3.8, 4) is 0 Å². The number of pyridine rings is 1. The summed E-state index contributed by atoms with van der Waals surface area (Å²) in [5, 5.41) is 9.12. The summed E-state index contributed by atoms with van der Waals surface area (Å²) in [7, 11) is 2.07. The van der Waals surface area contributed by atoms with E-state index in [0.717, 1.165) is 30.8 Å². The van der Waals surface area contributed by atoms with E-state index in [2.05, 4.69) is 60.4 Å². The predicted molar refractivity (Wildman–Crippen MR) is 101 cm³/mol. The van der Waals surface area contributed by atoms with Crippen molar-refractivity contribution < 1.29 is 5.11 Å². The van der Waals surface area contributed by atoms with E-state index >= 15 is 0 Å². The molecule has 1 N–H and O–H groups in total. The van der Waals surface area contributed by atoms with Crippen molar-refractivity contribution in [2.75, 3.05) is 18.5 Å². The largest absolute Gasteiger partial charge is 0.512 e. The van der Waals surface area contributed by atoms with Crippen molar-refractivity contribution >= 4 is 18.4 Å². The third kappa shape index (κ3) is 5.64. The maximum atomic E-state index is 9.32. The topological polar surface area (TPSA) is 36.4 Å². The van der Waals surface area contributed by atoms with Crippen molar-refractivity contribution in [2.45, 2.75) is 24.5 Å². The van der Waals surface area contributed by atoms with Crippen molar-refractivity contribution in [3.63, 3.8) is 0 Å². The van der Waals surface area contributed by atoms with Gasteiger partial charge in [0.2, 0.25) is 0 Å². The van der Waals surface area contributed by atoms with E-state index in [0.29, 0.717) is 6.42 Å². The zero-order chi connectivity index (χ0) is 16.7. The highest BCUT2D eigenvalue weighted by Crippen LogP contribution is 2.15. The predicted octanol–water partition coefficient (Wildman–Crippen LogP) is 4.06. The van der Waals surface area contributed by atoms with Crippen molar-refractivity contribution in [1.29, 1.82) is 0 Å². The van der Waals surface area contributed by atoms with Gasteiger partial charge in [0.05, 0.1) is 11.0 Å². The molecule has 0 aliphatic carbocycles. The van der Waals surface area contributed by atoms with Crippen LogP contribution in [0.4, 0.5) is 5.82 Å². The summed E-state index contributed by atoms with van der Waals surface area (Å²) >= 11 is 4.31. The summed E-state index contributed by atoms with van der Waals surface area (Å²) in [6, 6.07) is 14.5. The smallest absolute Gasteiger partial charge is 0.128 e. The zero-order valence-electron chi connectivity index (χ0n) is 13.5. The first kappa shape index (κ1) is 17.4. The summed E-state index contributed by atoms with van der Waals surface area (Å²) in [4.78, 5) is 6.52. The molecule has 3 nitrogen and oxygen atoms in total. The molecule has 1 atom stereocenters. The Hall–Kier alpha value is -1.94. The molecule has 1 aromatic carbocycles. The van der Waals surface area contributed by atoms with Crippen LogP contribution >= 0.6 is 12.6 Å². The minimum absolute atomic E-state index is 0.120. The van der Waals surface area contributed by atoms with E-state index < -0.39 is 0 Å². The SMILES string of the molecule is C=C(O)C(S)Cc1ccc(CCCN(C)c2ccccn2)cc1. The summed E-state index contributed by atoms with van der Waals surface area (Å²) in [5.74, 6) is 1.13. The first-order valence-corrected chi connectivity index (χ1v) is 8.33. The lowest BCUT2D eigenvalue weighted by atomic mass is 10.0. The third-order valence-electron chi connectivity index (χ3n) is 3.84. The van der Waals surface area contributed by atoms with Crippen molar-refractivity contribution in [2.24, 2.45) is 0 Å². The Labute approximate surface area is 144 Å². The Bertz CT molecular complexity index is 613.